The second-order valence-corrected chi connectivity index (χ2v) is 12.8. The average Bonchev–Trinajstić information content (AvgIpc) is 2.75. The minimum Gasteiger partial charge on any atom is -0.350 e. The molecule has 0 bridgehead atoms. The number of hydrogen-bond acceptors (Lipinski definition) is 4. The predicted octanol–water partition coefficient (Wildman–Crippen LogP) is 5.53. The normalized spacial score (nSPS) is 12.7. The van der Waals surface area contributed by atoms with Crippen molar-refractivity contribution in [1.82, 2.24) is 10.2 Å². The van der Waals surface area contributed by atoms with Crippen LogP contribution in [0.5, 0.6) is 0 Å². The Balaban J connectivity index is 2.21. The van der Waals surface area contributed by atoms with Gasteiger partial charge in [0.25, 0.3) is 0 Å². The highest BCUT2D eigenvalue weighted by atomic mass is 35.5. The lowest BCUT2D eigenvalue weighted by Gasteiger charge is -2.32. The molecule has 2 rings (SSSR count). The third-order valence-electron chi connectivity index (χ3n) is 5.27. The Morgan fingerprint density at radius 3 is 2.14 bits per heavy atom. The first-order valence-corrected chi connectivity index (χ1v) is 14.4. The highest BCUT2D eigenvalue weighted by Gasteiger charge is 2.28. The van der Waals surface area contributed by atoms with Gasteiger partial charge in [0, 0.05) is 30.1 Å². The van der Waals surface area contributed by atoms with Gasteiger partial charge in [-0.2, -0.15) is 0 Å². The zero-order chi connectivity index (χ0) is 27.3. The molecule has 11 heteroatoms. The van der Waals surface area contributed by atoms with Crippen LogP contribution in [0, 0.1) is 0 Å². The summed E-state index contributed by atoms with van der Waals surface area (Å²) in [6.45, 7) is 7.47. The van der Waals surface area contributed by atoms with Crippen LogP contribution in [0.1, 0.15) is 46.1 Å². The number of nitrogens with zero attached hydrogens (tertiary/aromatic N) is 2. The second-order valence-electron chi connectivity index (χ2n) is 9.60. The molecule has 2 aromatic rings. The van der Waals surface area contributed by atoms with Crippen LogP contribution in [-0.2, 0) is 26.2 Å². The minimum absolute atomic E-state index is 0.0358. The van der Waals surface area contributed by atoms with Crippen molar-refractivity contribution in [2.45, 2.75) is 58.7 Å². The van der Waals surface area contributed by atoms with Crippen molar-refractivity contribution >= 4 is 62.3 Å². The summed E-state index contributed by atoms with van der Waals surface area (Å²) in [6.07, 6.45) is 1.40. The van der Waals surface area contributed by atoms with E-state index in [1.807, 2.05) is 20.8 Å². The van der Waals surface area contributed by atoms with Gasteiger partial charge in [-0.3, -0.25) is 13.9 Å². The van der Waals surface area contributed by atoms with E-state index in [0.717, 1.165) is 6.26 Å². The number of nitrogens with one attached hydrogen (secondary N) is 1. The fourth-order valence-electron chi connectivity index (χ4n) is 3.50. The number of hydrogen-bond donors (Lipinski definition) is 1. The highest BCUT2D eigenvalue weighted by Crippen LogP contribution is 2.25. The van der Waals surface area contributed by atoms with Crippen LogP contribution in [0.15, 0.2) is 42.5 Å². The molecule has 2 amide bonds. The molecule has 2 aromatic carbocycles. The smallest absolute Gasteiger partial charge is 0.242 e. The van der Waals surface area contributed by atoms with Crippen molar-refractivity contribution in [3.8, 4) is 0 Å². The summed E-state index contributed by atoms with van der Waals surface area (Å²) in [5.74, 6) is -0.586. The molecule has 0 aliphatic heterocycles. The molecule has 0 spiro atoms. The monoisotopic (exact) mass is 575 g/mol. The lowest BCUT2D eigenvalue weighted by Crippen LogP contribution is -2.52. The van der Waals surface area contributed by atoms with Gasteiger partial charge in [-0.1, -0.05) is 40.9 Å². The number of anilines is 1. The van der Waals surface area contributed by atoms with Crippen LogP contribution < -0.4 is 9.62 Å². The summed E-state index contributed by atoms with van der Waals surface area (Å²) in [5.41, 5.74) is 0.699. The number of amides is 2. The van der Waals surface area contributed by atoms with E-state index in [1.165, 1.54) is 9.21 Å². The molecule has 0 aromatic heterocycles. The third-order valence-corrected chi connectivity index (χ3v) is 7.45. The zero-order valence-corrected chi connectivity index (χ0v) is 24.1. The number of sulfonamides is 1. The van der Waals surface area contributed by atoms with E-state index < -0.39 is 21.6 Å². The number of carbonyl (C=O) groups is 2. The third kappa shape index (κ3) is 9.14. The fraction of sp³-hybridized carbons (Fsp3) is 0.440. The van der Waals surface area contributed by atoms with E-state index in [2.05, 4.69) is 5.32 Å². The molecule has 1 N–H and O–H groups in total. The van der Waals surface area contributed by atoms with Crippen molar-refractivity contribution in [2.24, 2.45) is 0 Å². The first-order valence-electron chi connectivity index (χ1n) is 11.4. The molecule has 198 valence electrons. The fourth-order valence-corrected chi connectivity index (χ4v) is 4.91. The van der Waals surface area contributed by atoms with Crippen molar-refractivity contribution in [3.63, 3.8) is 0 Å². The summed E-state index contributed by atoms with van der Waals surface area (Å²) in [4.78, 5) is 27.7. The Labute approximate surface area is 228 Å². The van der Waals surface area contributed by atoms with Crippen molar-refractivity contribution < 1.29 is 18.0 Å². The topological polar surface area (TPSA) is 86.8 Å². The van der Waals surface area contributed by atoms with Gasteiger partial charge in [0.1, 0.15) is 6.04 Å². The standard InChI is InChI=1S/C25H32Cl3N3O4S/c1-17(24(33)29-25(2,3)4)30(16-18-8-13-21(27)22(28)15-18)23(32)7-6-14-31(36(5,34)35)20-11-9-19(26)10-12-20/h8-13,15,17H,6-7,14,16H2,1-5H3,(H,29,33). The second kappa shape index (κ2) is 12.5. The van der Waals surface area contributed by atoms with Gasteiger partial charge in [0.15, 0.2) is 0 Å². The number of carbonyl (C=O) groups excluding carboxylic acids is 2. The van der Waals surface area contributed by atoms with E-state index in [0.29, 0.717) is 26.3 Å². The SMILES string of the molecule is CC(C(=O)NC(C)(C)C)N(Cc1ccc(Cl)c(Cl)c1)C(=O)CCCN(c1ccc(Cl)cc1)S(C)(=O)=O. The first-order chi connectivity index (χ1) is 16.6. The minimum atomic E-state index is -3.58. The maximum absolute atomic E-state index is 13.3. The zero-order valence-electron chi connectivity index (χ0n) is 21.0. The largest absolute Gasteiger partial charge is 0.350 e. The molecule has 0 aliphatic rings. The molecule has 0 saturated carbocycles. The molecular weight excluding hydrogens is 545 g/mol. The van der Waals surface area contributed by atoms with Crippen LogP contribution in [0.4, 0.5) is 5.69 Å². The lowest BCUT2D eigenvalue weighted by atomic mass is 10.1. The van der Waals surface area contributed by atoms with Crippen LogP contribution in [0.2, 0.25) is 15.1 Å². The molecule has 0 aliphatic carbocycles. The van der Waals surface area contributed by atoms with Crippen molar-refractivity contribution in [2.75, 3.05) is 17.1 Å². The van der Waals surface area contributed by atoms with E-state index in [-0.39, 0.29) is 37.7 Å². The Morgan fingerprint density at radius 2 is 1.61 bits per heavy atom. The van der Waals surface area contributed by atoms with Gasteiger partial charge in [-0.25, -0.2) is 8.42 Å². The molecule has 0 radical (unpaired) electrons. The number of halogens is 3. The Hall–Kier alpha value is -2.00. The van der Waals surface area contributed by atoms with Gasteiger partial charge in [-0.05, 0) is 76.1 Å². The van der Waals surface area contributed by atoms with Gasteiger partial charge >= 0.3 is 0 Å². The van der Waals surface area contributed by atoms with Crippen LogP contribution in [0.3, 0.4) is 0 Å². The molecule has 0 heterocycles. The molecule has 0 fully saturated rings. The Morgan fingerprint density at radius 1 is 1.00 bits per heavy atom. The maximum atomic E-state index is 13.3. The molecule has 1 atom stereocenters. The van der Waals surface area contributed by atoms with Crippen LogP contribution in [0.25, 0.3) is 0 Å². The van der Waals surface area contributed by atoms with E-state index in [4.69, 9.17) is 34.8 Å². The molecule has 1 unspecified atom stereocenters. The maximum Gasteiger partial charge on any atom is 0.242 e. The first kappa shape index (κ1) is 30.2. The molecular formula is C25H32Cl3N3O4S. The highest BCUT2D eigenvalue weighted by molar-refractivity contribution is 7.92. The van der Waals surface area contributed by atoms with Gasteiger partial charge in [0.2, 0.25) is 21.8 Å². The molecule has 36 heavy (non-hydrogen) atoms. The summed E-state index contributed by atoms with van der Waals surface area (Å²) in [6, 6.07) is 10.7. The Bertz CT molecular complexity index is 1180. The summed E-state index contributed by atoms with van der Waals surface area (Å²) >= 11 is 18.1. The predicted molar refractivity (Wildman–Crippen MR) is 147 cm³/mol. The van der Waals surface area contributed by atoms with E-state index in [1.54, 1.807) is 49.4 Å². The van der Waals surface area contributed by atoms with Crippen LogP contribution in [-0.4, -0.2) is 49.5 Å². The quantitative estimate of drug-likeness (QED) is 0.403. The average molecular weight is 577 g/mol. The van der Waals surface area contributed by atoms with Crippen LogP contribution >= 0.6 is 34.8 Å². The summed E-state index contributed by atoms with van der Waals surface area (Å²) < 4.78 is 26.0. The summed E-state index contributed by atoms with van der Waals surface area (Å²) in [7, 11) is -3.58. The van der Waals surface area contributed by atoms with E-state index >= 15 is 0 Å². The van der Waals surface area contributed by atoms with E-state index in [9.17, 15) is 18.0 Å². The van der Waals surface area contributed by atoms with Gasteiger partial charge < -0.3 is 10.2 Å². The lowest BCUT2D eigenvalue weighted by molar-refractivity contribution is -0.141. The number of benzene rings is 2. The number of rotatable bonds is 10. The van der Waals surface area contributed by atoms with Crippen molar-refractivity contribution in [3.05, 3.63) is 63.1 Å². The van der Waals surface area contributed by atoms with Crippen molar-refractivity contribution in [1.29, 1.82) is 0 Å². The Kier molecular flexibility index (Phi) is 10.5. The van der Waals surface area contributed by atoms with Gasteiger partial charge in [0.05, 0.1) is 22.0 Å². The van der Waals surface area contributed by atoms with Gasteiger partial charge in [-0.15, -0.1) is 0 Å². The molecule has 7 nitrogen and oxygen atoms in total. The summed E-state index contributed by atoms with van der Waals surface area (Å²) in [5, 5.41) is 4.13. The molecule has 0 saturated heterocycles.